The highest BCUT2D eigenvalue weighted by Crippen LogP contribution is 2.35. The molecule has 0 aliphatic heterocycles. The van der Waals surface area contributed by atoms with Crippen molar-refractivity contribution < 1.29 is 5.11 Å². The van der Waals surface area contributed by atoms with Crippen LogP contribution in [-0.2, 0) is 6.42 Å². The van der Waals surface area contributed by atoms with E-state index in [-0.39, 0.29) is 6.10 Å². The molecule has 1 fully saturated rings. The van der Waals surface area contributed by atoms with Crippen LogP contribution < -0.4 is 0 Å². The molecule has 1 N–H and O–H groups in total. The molecular weight excluding hydrogens is 232 g/mol. The lowest BCUT2D eigenvalue weighted by atomic mass is 9.74. The van der Waals surface area contributed by atoms with Crippen molar-refractivity contribution >= 4 is 0 Å². The van der Waals surface area contributed by atoms with Gasteiger partial charge >= 0.3 is 0 Å². The second-order valence-electron chi connectivity index (χ2n) is 6.21. The van der Waals surface area contributed by atoms with Crippen LogP contribution in [0.25, 0.3) is 0 Å². The van der Waals surface area contributed by atoms with Crippen LogP contribution in [0.4, 0.5) is 0 Å². The van der Waals surface area contributed by atoms with E-state index in [1.54, 1.807) is 0 Å². The maximum Gasteiger partial charge on any atom is 0.0574 e. The van der Waals surface area contributed by atoms with Crippen LogP contribution in [0.5, 0.6) is 0 Å². The zero-order chi connectivity index (χ0) is 13.7. The molecule has 1 heteroatoms. The first-order valence-corrected chi connectivity index (χ1v) is 7.94. The van der Waals surface area contributed by atoms with Gasteiger partial charge in [-0.25, -0.2) is 0 Å². The van der Waals surface area contributed by atoms with Crippen molar-refractivity contribution in [1.29, 1.82) is 0 Å². The molecule has 0 spiro atoms. The van der Waals surface area contributed by atoms with Gasteiger partial charge in [-0.2, -0.15) is 0 Å². The molecule has 1 aromatic rings. The first-order valence-electron chi connectivity index (χ1n) is 7.94. The Morgan fingerprint density at radius 3 is 2.79 bits per heavy atom. The summed E-state index contributed by atoms with van der Waals surface area (Å²) in [5.41, 5.74) is 2.68. The minimum Gasteiger partial charge on any atom is -0.393 e. The van der Waals surface area contributed by atoms with E-state index in [0.717, 1.165) is 18.8 Å². The second-order valence-corrected chi connectivity index (χ2v) is 6.21. The second kappa shape index (κ2) is 7.09. The maximum atomic E-state index is 10.5. The molecule has 0 radical (unpaired) electrons. The minimum absolute atomic E-state index is 0.106. The van der Waals surface area contributed by atoms with Gasteiger partial charge in [0.15, 0.2) is 0 Å². The predicted octanol–water partition coefficient (Wildman–Crippen LogP) is 4.50. The molecule has 0 amide bonds. The number of benzene rings is 1. The van der Waals surface area contributed by atoms with Gasteiger partial charge < -0.3 is 5.11 Å². The van der Waals surface area contributed by atoms with Gasteiger partial charge in [0.1, 0.15) is 0 Å². The smallest absolute Gasteiger partial charge is 0.0574 e. The van der Waals surface area contributed by atoms with Crippen molar-refractivity contribution in [3.05, 3.63) is 35.4 Å². The molecule has 106 valence electrons. The van der Waals surface area contributed by atoms with Gasteiger partial charge in [-0.1, -0.05) is 62.4 Å². The van der Waals surface area contributed by atoms with Gasteiger partial charge in [-0.3, -0.25) is 0 Å². The molecule has 1 aromatic carbocycles. The molecule has 1 aliphatic carbocycles. The highest BCUT2D eigenvalue weighted by Gasteiger charge is 2.29. The summed E-state index contributed by atoms with van der Waals surface area (Å²) in [6.45, 7) is 4.41. The van der Waals surface area contributed by atoms with Crippen molar-refractivity contribution in [2.24, 2.45) is 11.8 Å². The van der Waals surface area contributed by atoms with Crippen LogP contribution >= 0.6 is 0 Å². The Labute approximate surface area is 118 Å². The summed E-state index contributed by atoms with van der Waals surface area (Å²) < 4.78 is 0. The fourth-order valence-corrected chi connectivity index (χ4v) is 3.65. The molecule has 19 heavy (non-hydrogen) atoms. The van der Waals surface area contributed by atoms with Crippen molar-refractivity contribution in [2.75, 3.05) is 0 Å². The Balaban J connectivity index is 1.87. The van der Waals surface area contributed by atoms with Crippen LogP contribution in [0.3, 0.4) is 0 Å². The van der Waals surface area contributed by atoms with E-state index in [0.29, 0.717) is 5.92 Å². The molecule has 0 heterocycles. The molecule has 2 rings (SSSR count). The quantitative estimate of drug-likeness (QED) is 0.826. The van der Waals surface area contributed by atoms with Gasteiger partial charge in [-0.05, 0) is 43.6 Å². The topological polar surface area (TPSA) is 20.2 Å². The highest BCUT2D eigenvalue weighted by molar-refractivity contribution is 5.22. The van der Waals surface area contributed by atoms with Crippen molar-refractivity contribution in [2.45, 2.75) is 64.9 Å². The lowest BCUT2D eigenvalue weighted by molar-refractivity contribution is 0.0403. The Morgan fingerprint density at radius 2 is 2.05 bits per heavy atom. The number of hydrogen-bond acceptors (Lipinski definition) is 1. The number of hydrogen-bond donors (Lipinski definition) is 1. The van der Waals surface area contributed by atoms with Crippen LogP contribution in [0.15, 0.2) is 24.3 Å². The van der Waals surface area contributed by atoms with E-state index in [4.69, 9.17) is 0 Å². The summed E-state index contributed by atoms with van der Waals surface area (Å²) in [5, 5.41) is 10.5. The normalized spacial score (nSPS) is 25.2. The van der Waals surface area contributed by atoms with E-state index in [9.17, 15) is 5.11 Å². The van der Waals surface area contributed by atoms with Crippen molar-refractivity contribution in [1.82, 2.24) is 0 Å². The van der Waals surface area contributed by atoms with E-state index in [2.05, 4.69) is 38.1 Å². The standard InChI is InChI=1S/C18H28O/c1-3-16-9-4-5-10-17(16)18(19)12-11-15-8-6-7-14(2)13-15/h6-8,13,16-19H,3-5,9-12H2,1-2H3. The van der Waals surface area contributed by atoms with Crippen LogP contribution in [-0.4, -0.2) is 11.2 Å². The Bertz CT molecular complexity index is 385. The number of aryl methyl sites for hydroxylation is 2. The Kier molecular flexibility index (Phi) is 5.45. The fourth-order valence-electron chi connectivity index (χ4n) is 3.65. The lowest BCUT2D eigenvalue weighted by Gasteiger charge is -2.34. The lowest BCUT2D eigenvalue weighted by Crippen LogP contribution is -2.30. The Hall–Kier alpha value is -0.820. The molecule has 1 nitrogen and oxygen atoms in total. The average molecular weight is 260 g/mol. The van der Waals surface area contributed by atoms with Gasteiger partial charge in [0.2, 0.25) is 0 Å². The molecule has 3 unspecified atom stereocenters. The zero-order valence-electron chi connectivity index (χ0n) is 12.4. The summed E-state index contributed by atoms with van der Waals surface area (Å²) in [4.78, 5) is 0. The number of aliphatic hydroxyl groups is 1. The first kappa shape index (κ1) is 14.6. The maximum absolute atomic E-state index is 10.5. The minimum atomic E-state index is -0.106. The van der Waals surface area contributed by atoms with Crippen LogP contribution in [0.2, 0.25) is 0 Å². The third-order valence-electron chi connectivity index (χ3n) is 4.80. The Morgan fingerprint density at radius 1 is 1.26 bits per heavy atom. The van der Waals surface area contributed by atoms with E-state index in [1.807, 2.05) is 0 Å². The molecule has 3 atom stereocenters. The predicted molar refractivity (Wildman–Crippen MR) is 81.2 cm³/mol. The summed E-state index contributed by atoms with van der Waals surface area (Å²) in [5.74, 6) is 1.30. The van der Waals surface area contributed by atoms with Crippen LogP contribution in [0.1, 0.15) is 56.6 Å². The summed E-state index contributed by atoms with van der Waals surface area (Å²) in [6, 6.07) is 8.67. The highest BCUT2D eigenvalue weighted by atomic mass is 16.3. The van der Waals surface area contributed by atoms with E-state index < -0.39 is 0 Å². The first-order chi connectivity index (χ1) is 9.20. The van der Waals surface area contributed by atoms with Gasteiger partial charge in [0, 0.05) is 0 Å². The summed E-state index contributed by atoms with van der Waals surface area (Å²) in [6.07, 6.45) is 8.27. The largest absolute Gasteiger partial charge is 0.393 e. The van der Waals surface area contributed by atoms with Crippen LogP contribution in [0, 0.1) is 18.8 Å². The van der Waals surface area contributed by atoms with Crippen molar-refractivity contribution in [3.8, 4) is 0 Å². The molecule has 0 saturated heterocycles. The van der Waals surface area contributed by atoms with Gasteiger partial charge in [0.25, 0.3) is 0 Å². The SMILES string of the molecule is CCC1CCCCC1C(O)CCc1cccc(C)c1. The van der Waals surface area contributed by atoms with Gasteiger partial charge in [-0.15, -0.1) is 0 Å². The molecule has 1 saturated carbocycles. The summed E-state index contributed by atoms with van der Waals surface area (Å²) >= 11 is 0. The van der Waals surface area contributed by atoms with Gasteiger partial charge in [0.05, 0.1) is 6.10 Å². The monoisotopic (exact) mass is 260 g/mol. The van der Waals surface area contributed by atoms with E-state index >= 15 is 0 Å². The number of aliphatic hydroxyl groups excluding tert-OH is 1. The third kappa shape index (κ3) is 4.07. The average Bonchev–Trinajstić information content (AvgIpc) is 2.45. The third-order valence-corrected chi connectivity index (χ3v) is 4.80. The zero-order valence-corrected chi connectivity index (χ0v) is 12.4. The number of rotatable bonds is 5. The molecule has 0 aromatic heterocycles. The molecule has 1 aliphatic rings. The molecule has 0 bridgehead atoms. The fraction of sp³-hybridized carbons (Fsp3) is 0.667. The van der Waals surface area contributed by atoms with E-state index in [1.165, 1.54) is 43.2 Å². The summed E-state index contributed by atoms with van der Waals surface area (Å²) in [7, 11) is 0. The van der Waals surface area contributed by atoms with Crippen molar-refractivity contribution in [3.63, 3.8) is 0 Å². The molecular formula is C18H28O.